The standard InChI is InChI=1S/C17H30N4O/c1-3-5-7-8-10-18-17-19-15-9-12-21(11-6-4-2)13-14(15)16(22)20-17/h3-13H2,1-2H3,(H2,18,19,20,22). The smallest absolute Gasteiger partial charge is 0.257 e. The van der Waals surface area contributed by atoms with Gasteiger partial charge in [0.05, 0.1) is 11.3 Å². The number of H-pyrrole nitrogens is 1. The molecule has 0 unspecified atom stereocenters. The first kappa shape index (κ1) is 17.0. The average Bonchev–Trinajstić information content (AvgIpc) is 2.53. The zero-order valence-corrected chi connectivity index (χ0v) is 14.1. The molecule has 1 aliphatic heterocycles. The summed E-state index contributed by atoms with van der Waals surface area (Å²) in [5.41, 5.74) is 1.87. The van der Waals surface area contributed by atoms with Gasteiger partial charge in [-0.2, -0.15) is 0 Å². The van der Waals surface area contributed by atoms with Crippen LogP contribution in [0.15, 0.2) is 4.79 Å². The first-order chi connectivity index (χ1) is 10.7. The van der Waals surface area contributed by atoms with Crippen LogP contribution >= 0.6 is 0 Å². The van der Waals surface area contributed by atoms with E-state index in [0.717, 1.165) is 50.3 Å². The van der Waals surface area contributed by atoms with Crippen LogP contribution in [0.2, 0.25) is 0 Å². The summed E-state index contributed by atoms with van der Waals surface area (Å²) < 4.78 is 0. The molecule has 5 heteroatoms. The minimum absolute atomic E-state index is 0.0299. The van der Waals surface area contributed by atoms with E-state index < -0.39 is 0 Å². The highest BCUT2D eigenvalue weighted by Crippen LogP contribution is 2.15. The Morgan fingerprint density at radius 1 is 1.18 bits per heavy atom. The molecule has 0 spiro atoms. The van der Waals surface area contributed by atoms with Crippen LogP contribution in [-0.2, 0) is 13.0 Å². The molecule has 0 aromatic carbocycles. The third-order valence-corrected chi connectivity index (χ3v) is 4.30. The predicted octanol–water partition coefficient (Wildman–Crippen LogP) is 2.92. The summed E-state index contributed by atoms with van der Waals surface area (Å²) in [6, 6.07) is 0. The molecule has 5 nitrogen and oxygen atoms in total. The van der Waals surface area contributed by atoms with Crippen molar-refractivity contribution in [2.24, 2.45) is 0 Å². The van der Waals surface area contributed by atoms with E-state index in [0.29, 0.717) is 5.95 Å². The summed E-state index contributed by atoms with van der Waals surface area (Å²) in [5.74, 6) is 0.641. The van der Waals surface area contributed by atoms with E-state index in [1.807, 2.05) is 0 Å². The number of nitrogens with zero attached hydrogens (tertiary/aromatic N) is 2. The lowest BCUT2D eigenvalue weighted by atomic mass is 10.1. The molecule has 1 aliphatic rings. The van der Waals surface area contributed by atoms with Crippen molar-refractivity contribution in [3.05, 3.63) is 21.6 Å². The number of hydrogen-bond acceptors (Lipinski definition) is 4. The maximum Gasteiger partial charge on any atom is 0.257 e. The van der Waals surface area contributed by atoms with E-state index in [2.05, 4.69) is 34.0 Å². The van der Waals surface area contributed by atoms with E-state index in [1.54, 1.807) is 0 Å². The van der Waals surface area contributed by atoms with E-state index in [9.17, 15) is 4.79 Å². The monoisotopic (exact) mass is 306 g/mol. The van der Waals surface area contributed by atoms with Crippen LogP contribution in [0.25, 0.3) is 0 Å². The van der Waals surface area contributed by atoms with Gasteiger partial charge in [0.25, 0.3) is 5.56 Å². The number of nitrogens with one attached hydrogen (secondary N) is 2. The molecule has 1 aromatic rings. The number of aromatic nitrogens is 2. The highest BCUT2D eigenvalue weighted by molar-refractivity contribution is 5.31. The zero-order chi connectivity index (χ0) is 15.8. The second-order valence-electron chi connectivity index (χ2n) is 6.21. The van der Waals surface area contributed by atoms with Crippen molar-refractivity contribution in [2.45, 2.75) is 65.3 Å². The van der Waals surface area contributed by atoms with Crippen LogP contribution in [0.1, 0.15) is 63.6 Å². The zero-order valence-electron chi connectivity index (χ0n) is 14.1. The van der Waals surface area contributed by atoms with Crippen molar-refractivity contribution in [3.8, 4) is 0 Å². The van der Waals surface area contributed by atoms with Gasteiger partial charge in [0, 0.05) is 26.1 Å². The normalized spacial score (nSPS) is 14.8. The molecule has 2 rings (SSSR count). The van der Waals surface area contributed by atoms with Crippen LogP contribution in [0.5, 0.6) is 0 Å². The summed E-state index contributed by atoms with van der Waals surface area (Å²) in [6.07, 6.45) is 8.13. The van der Waals surface area contributed by atoms with Crippen molar-refractivity contribution < 1.29 is 0 Å². The Balaban J connectivity index is 1.92. The fraction of sp³-hybridized carbons (Fsp3) is 0.765. The Labute approximate surface area is 133 Å². The van der Waals surface area contributed by atoms with Gasteiger partial charge < -0.3 is 5.32 Å². The van der Waals surface area contributed by atoms with Crippen LogP contribution in [0.4, 0.5) is 5.95 Å². The lowest BCUT2D eigenvalue weighted by molar-refractivity contribution is 0.246. The Morgan fingerprint density at radius 3 is 2.77 bits per heavy atom. The molecular formula is C17H30N4O. The third-order valence-electron chi connectivity index (χ3n) is 4.30. The van der Waals surface area contributed by atoms with E-state index >= 15 is 0 Å². The SMILES string of the molecule is CCCCCCNc1nc2c(c(=O)[nH]1)CN(CCCC)CC2. The first-order valence-corrected chi connectivity index (χ1v) is 8.82. The lowest BCUT2D eigenvalue weighted by Gasteiger charge is -2.27. The molecule has 1 aromatic heterocycles. The Kier molecular flexibility index (Phi) is 6.90. The van der Waals surface area contributed by atoms with Crippen molar-refractivity contribution in [2.75, 3.05) is 25.0 Å². The molecule has 2 heterocycles. The molecule has 124 valence electrons. The molecule has 0 atom stereocenters. The largest absolute Gasteiger partial charge is 0.356 e. The first-order valence-electron chi connectivity index (χ1n) is 8.82. The van der Waals surface area contributed by atoms with Crippen LogP contribution in [0, 0.1) is 0 Å². The van der Waals surface area contributed by atoms with Crippen molar-refractivity contribution in [3.63, 3.8) is 0 Å². The van der Waals surface area contributed by atoms with Gasteiger partial charge in [-0.1, -0.05) is 39.5 Å². The summed E-state index contributed by atoms with van der Waals surface area (Å²) in [4.78, 5) is 22.2. The van der Waals surface area contributed by atoms with Gasteiger partial charge in [0.2, 0.25) is 5.95 Å². The lowest BCUT2D eigenvalue weighted by Crippen LogP contribution is -2.36. The van der Waals surface area contributed by atoms with Gasteiger partial charge in [-0.3, -0.25) is 14.7 Å². The summed E-state index contributed by atoms with van der Waals surface area (Å²) in [7, 11) is 0. The molecule has 0 saturated heterocycles. The van der Waals surface area contributed by atoms with E-state index in [-0.39, 0.29) is 5.56 Å². The van der Waals surface area contributed by atoms with Crippen molar-refractivity contribution in [1.82, 2.24) is 14.9 Å². The Morgan fingerprint density at radius 2 is 2.00 bits per heavy atom. The van der Waals surface area contributed by atoms with Crippen LogP contribution in [0.3, 0.4) is 0 Å². The van der Waals surface area contributed by atoms with Crippen molar-refractivity contribution >= 4 is 5.95 Å². The molecular weight excluding hydrogens is 276 g/mol. The number of anilines is 1. The predicted molar refractivity (Wildman–Crippen MR) is 91.4 cm³/mol. The molecule has 0 amide bonds. The molecule has 0 radical (unpaired) electrons. The van der Waals surface area contributed by atoms with Crippen molar-refractivity contribution in [1.29, 1.82) is 0 Å². The van der Waals surface area contributed by atoms with Gasteiger partial charge in [0.15, 0.2) is 0 Å². The fourth-order valence-electron chi connectivity index (χ4n) is 2.90. The Hall–Kier alpha value is -1.36. The van der Waals surface area contributed by atoms with Crippen LogP contribution < -0.4 is 10.9 Å². The topological polar surface area (TPSA) is 61.0 Å². The van der Waals surface area contributed by atoms with Gasteiger partial charge in [-0.25, -0.2) is 4.98 Å². The fourth-order valence-corrected chi connectivity index (χ4v) is 2.90. The van der Waals surface area contributed by atoms with Gasteiger partial charge in [-0.15, -0.1) is 0 Å². The van der Waals surface area contributed by atoms with Gasteiger partial charge >= 0.3 is 0 Å². The van der Waals surface area contributed by atoms with E-state index in [4.69, 9.17) is 0 Å². The molecule has 2 N–H and O–H groups in total. The Bertz CT molecular complexity index is 512. The maximum absolute atomic E-state index is 12.3. The average molecular weight is 306 g/mol. The highest BCUT2D eigenvalue weighted by Gasteiger charge is 2.20. The van der Waals surface area contributed by atoms with Gasteiger partial charge in [0.1, 0.15) is 0 Å². The molecule has 0 fully saturated rings. The van der Waals surface area contributed by atoms with Gasteiger partial charge in [-0.05, 0) is 19.4 Å². The number of fused-ring (bicyclic) bond motifs is 1. The molecule has 0 aliphatic carbocycles. The third kappa shape index (κ3) is 4.83. The number of aromatic amines is 1. The summed E-state index contributed by atoms with van der Waals surface area (Å²) in [5, 5.41) is 3.26. The molecule has 0 bridgehead atoms. The summed E-state index contributed by atoms with van der Waals surface area (Å²) >= 11 is 0. The minimum atomic E-state index is 0.0299. The minimum Gasteiger partial charge on any atom is -0.356 e. The number of rotatable bonds is 9. The quantitative estimate of drug-likeness (QED) is 0.689. The number of unbranched alkanes of at least 4 members (excludes halogenated alkanes) is 4. The number of hydrogen-bond donors (Lipinski definition) is 2. The van der Waals surface area contributed by atoms with Crippen LogP contribution in [-0.4, -0.2) is 34.5 Å². The second-order valence-corrected chi connectivity index (χ2v) is 6.21. The van der Waals surface area contributed by atoms with E-state index in [1.165, 1.54) is 32.1 Å². The summed E-state index contributed by atoms with van der Waals surface area (Å²) in [6.45, 7) is 8.12. The second kappa shape index (κ2) is 8.93. The highest BCUT2D eigenvalue weighted by atomic mass is 16.1. The molecule has 0 saturated carbocycles. The molecule has 22 heavy (non-hydrogen) atoms. The maximum atomic E-state index is 12.3.